The number of nitrogens with one attached hydrogen (secondary N) is 2. The number of anilines is 1. The average Bonchev–Trinajstić information content (AvgIpc) is 3.52. The number of carbonyl (C=O) groups is 1. The number of benzene rings is 1. The van der Waals surface area contributed by atoms with Gasteiger partial charge in [-0.25, -0.2) is 0 Å². The van der Waals surface area contributed by atoms with Gasteiger partial charge in [0, 0.05) is 29.0 Å². The minimum atomic E-state index is 0.0268. The van der Waals surface area contributed by atoms with Crippen LogP contribution >= 0.6 is 0 Å². The molecule has 1 atom stereocenters. The molecule has 0 saturated heterocycles. The third kappa shape index (κ3) is 3.01. The molecular formula is C23H27N3O. The summed E-state index contributed by atoms with van der Waals surface area (Å²) in [6.45, 7) is 0. The Hall–Kier alpha value is -2.36. The number of aromatic amines is 1. The van der Waals surface area contributed by atoms with Gasteiger partial charge in [-0.15, -0.1) is 0 Å². The number of hydrogen-bond donors (Lipinski definition) is 2. The Morgan fingerprint density at radius 1 is 1.07 bits per heavy atom. The molecule has 0 spiro atoms. The Kier molecular flexibility index (Phi) is 4.14. The van der Waals surface area contributed by atoms with Gasteiger partial charge in [-0.2, -0.15) is 5.10 Å². The van der Waals surface area contributed by atoms with Crippen LogP contribution in [0.5, 0.6) is 0 Å². The standard InChI is InChI=1S/C23H27N3O/c27-22(16-11-12-16)24-21-19-13-14-23(15-20(19)25-26-21,17-7-3-1-4-8-17)18-9-5-2-6-10-18/h1,3-4,7-8,13-14,16,18H,2,5-6,9-12,15H2,(H2,24,25,26,27). The van der Waals surface area contributed by atoms with Crippen LogP contribution in [-0.4, -0.2) is 16.1 Å². The van der Waals surface area contributed by atoms with Crippen LogP contribution in [0.15, 0.2) is 36.4 Å². The van der Waals surface area contributed by atoms with Gasteiger partial charge in [-0.3, -0.25) is 9.89 Å². The number of allylic oxidation sites excluding steroid dienone is 1. The van der Waals surface area contributed by atoms with Gasteiger partial charge in [0.1, 0.15) is 0 Å². The van der Waals surface area contributed by atoms with Crippen LogP contribution in [0.4, 0.5) is 5.82 Å². The Morgan fingerprint density at radius 2 is 1.85 bits per heavy atom. The monoisotopic (exact) mass is 361 g/mol. The number of aromatic nitrogens is 2. The summed E-state index contributed by atoms with van der Waals surface area (Å²) in [4.78, 5) is 12.2. The van der Waals surface area contributed by atoms with Crippen molar-refractivity contribution in [2.24, 2.45) is 11.8 Å². The first-order valence-electron chi connectivity index (χ1n) is 10.4. The first kappa shape index (κ1) is 16.8. The second kappa shape index (κ2) is 6.66. The summed E-state index contributed by atoms with van der Waals surface area (Å²) < 4.78 is 0. The molecule has 0 aliphatic heterocycles. The molecule has 4 heteroatoms. The molecule has 0 bridgehead atoms. The van der Waals surface area contributed by atoms with Crippen molar-refractivity contribution in [3.05, 3.63) is 53.2 Å². The largest absolute Gasteiger partial charge is 0.308 e. The minimum absolute atomic E-state index is 0.0268. The lowest BCUT2D eigenvalue weighted by molar-refractivity contribution is -0.117. The van der Waals surface area contributed by atoms with E-state index in [1.165, 1.54) is 37.7 Å². The van der Waals surface area contributed by atoms with Crippen LogP contribution in [0.2, 0.25) is 0 Å². The highest BCUT2D eigenvalue weighted by Crippen LogP contribution is 2.47. The summed E-state index contributed by atoms with van der Waals surface area (Å²) in [7, 11) is 0. The number of carbonyl (C=O) groups excluding carboxylic acids is 1. The fourth-order valence-electron chi connectivity index (χ4n) is 5.02. The van der Waals surface area contributed by atoms with Crippen LogP contribution in [0.1, 0.15) is 61.8 Å². The maximum Gasteiger partial charge on any atom is 0.228 e. The van der Waals surface area contributed by atoms with E-state index in [1.807, 2.05) is 0 Å². The maximum atomic E-state index is 12.2. The lowest BCUT2D eigenvalue weighted by atomic mass is 9.61. The van der Waals surface area contributed by atoms with E-state index in [0.29, 0.717) is 11.7 Å². The zero-order valence-corrected chi connectivity index (χ0v) is 15.7. The number of fused-ring (bicyclic) bond motifs is 1. The van der Waals surface area contributed by atoms with Gasteiger partial charge >= 0.3 is 0 Å². The normalized spacial score (nSPS) is 25.2. The number of amides is 1. The molecule has 140 valence electrons. The van der Waals surface area contributed by atoms with E-state index < -0.39 is 0 Å². The quantitative estimate of drug-likeness (QED) is 0.818. The van der Waals surface area contributed by atoms with E-state index in [1.54, 1.807) is 0 Å². The fourth-order valence-corrected chi connectivity index (χ4v) is 5.02. The van der Waals surface area contributed by atoms with E-state index in [2.05, 4.69) is 58.0 Å². The second-order valence-electron chi connectivity index (χ2n) is 8.48. The number of rotatable bonds is 4. The highest BCUT2D eigenvalue weighted by atomic mass is 16.2. The van der Waals surface area contributed by atoms with Gasteiger partial charge in [0.15, 0.2) is 5.82 Å². The van der Waals surface area contributed by atoms with E-state index in [-0.39, 0.29) is 17.2 Å². The summed E-state index contributed by atoms with van der Waals surface area (Å²) in [5.41, 5.74) is 3.64. The summed E-state index contributed by atoms with van der Waals surface area (Å²) in [6, 6.07) is 10.9. The van der Waals surface area contributed by atoms with Gasteiger partial charge in [0.05, 0.1) is 0 Å². The van der Waals surface area contributed by atoms with Crippen molar-refractivity contribution in [2.45, 2.75) is 56.8 Å². The number of H-pyrrole nitrogens is 1. The lowest BCUT2D eigenvalue weighted by Crippen LogP contribution is -2.38. The fraction of sp³-hybridized carbons (Fsp3) is 0.478. The van der Waals surface area contributed by atoms with Gasteiger partial charge in [0.25, 0.3) is 0 Å². The molecule has 1 aromatic heterocycles. The zero-order valence-electron chi connectivity index (χ0n) is 15.7. The van der Waals surface area contributed by atoms with Crippen LogP contribution in [0.3, 0.4) is 0 Å². The van der Waals surface area contributed by atoms with Crippen LogP contribution in [-0.2, 0) is 16.6 Å². The maximum absolute atomic E-state index is 12.2. The molecule has 2 aromatic rings. The molecule has 1 unspecified atom stereocenters. The minimum Gasteiger partial charge on any atom is -0.308 e. The van der Waals surface area contributed by atoms with Crippen LogP contribution in [0, 0.1) is 11.8 Å². The van der Waals surface area contributed by atoms with Crippen molar-refractivity contribution in [1.82, 2.24) is 10.2 Å². The van der Waals surface area contributed by atoms with Crippen molar-refractivity contribution in [2.75, 3.05) is 5.32 Å². The van der Waals surface area contributed by atoms with Crippen LogP contribution in [0.25, 0.3) is 6.08 Å². The lowest BCUT2D eigenvalue weighted by Gasteiger charge is -2.43. The molecule has 3 aliphatic rings. The van der Waals surface area contributed by atoms with Crippen molar-refractivity contribution in [3.8, 4) is 0 Å². The Bertz CT molecular complexity index is 859. The third-order valence-electron chi connectivity index (χ3n) is 6.73. The number of hydrogen-bond acceptors (Lipinski definition) is 2. The molecule has 27 heavy (non-hydrogen) atoms. The zero-order chi connectivity index (χ0) is 18.3. The molecule has 1 amide bonds. The van der Waals surface area contributed by atoms with Crippen molar-refractivity contribution < 1.29 is 4.79 Å². The number of nitrogens with zero attached hydrogens (tertiary/aromatic N) is 1. The third-order valence-corrected chi connectivity index (χ3v) is 6.73. The molecule has 2 saturated carbocycles. The summed E-state index contributed by atoms with van der Waals surface area (Å²) in [5.74, 6) is 1.66. The smallest absolute Gasteiger partial charge is 0.228 e. The predicted molar refractivity (Wildman–Crippen MR) is 107 cm³/mol. The molecule has 2 N–H and O–H groups in total. The van der Waals surface area contributed by atoms with Crippen molar-refractivity contribution in [3.63, 3.8) is 0 Å². The molecule has 0 radical (unpaired) electrons. The van der Waals surface area contributed by atoms with Crippen molar-refractivity contribution >= 4 is 17.8 Å². The summed E-state index contributed by atoms with van der Waals surface area (Å²) in [5, 5.41) is 10.7. The molecule has 1 aromatic carbocycles. The molecule has 1 heterocycles. The van der Waals surface area contributed by atoms with E-state index in [0.717, 1.165) is 30.5 Å². The SMILES string of the molecule is O=C(Nc1n[nH]c2c1C=CC(c1ccccc1)(C1CCCCC1)C2)C1CC1. The first-order chi connectivity index (χ1) is 13.3. The Morgan fingerprint density at radius 3 is 2.59 bits per heavy atom. The summed E-state index contributed by atoms with van der Waals surface area (Å²) in [6.07, 6.45) is 14.1. The average molecular weight is 361 g/mol. The van der Waals surface area contributed by atoms with E-state index in [4.69, 9.17) is 0 Å². The molecule has 3 aliphatic carbocycles. The van der Waals surface area contributed by atoms with Gasteiger partial charge < -0.3 is 5.32 Å². The Labute approximate surface area is 160 Å². The van der Waals surface area contributed by atoms with Gasteiger partial charge in [0.2, 0.25) is 5.91 Å². The predicted octanol–water partition coefficient (Wildman–Crippen LogP) is 4.85. The first-order valence-corrected chi connectivity index (χ1v) is 10.4. The second-order valence-corrected chi connectivity index (χ2v) is 8.48. The Balaban J connectivity index is 1.49. The molecule has 4 nitrogen and oxygen atoms in total. The molecule has 5 rings (SSSR count). The van der Waals surface area contributed by atoms with E-state index in [9.17, 15) is 4.79 Å². The van der Waals surface area contributed by atoms with Crippen molar-refractivity contribution in [1.29, 1.82) is 0 Å². The molecule has 2 fully saturated rings. The highest BCUT2D eigenvalue weighted by Gasteiger charge is 2.42. The highest BCUT2D eigenvalue weighted by molar-refractivity contribution is 5.95. The van der Waals surface area contributed by atoms with Crippen LogP contribution < -0.4 is 5.32 Å². The van der Waals surface area contributed by atoms with Gasteiger partial charge in [-0.1, -0.05) is 61.7 Å². The van der Waals surface area contributed by atoms with Gasteiger partial charge in [-0.05, 0) is 37.2 Å². The topological polar surface area (TPSA) is 57.8 Å². The molecular weight excluding hydrogens is 334 g/mol. The summed E-state index contributed by atoms with van der Waals surface area (Å²) >= 11 is 0. The van der Waals surface area contributed by atoms with E-state index >= 15 is 0 Å².